The molecule has 1 heterocycles. The summed E-state index contributed by atoms with van der Waals surface area (Å²) < 4.78 is 13.7. The zero-order valence-electron chi connectivity index (χ0n) is 15.2. The van der Waals surface area contributed by atoms with E-state index in [0.29, 0.717) is 0 Å². The van der Waals surface area contributed by atoms with Crippen LogP contribution in [0.25, 0.3) is 0 Å². The highest BCUT2D eigenvalue weighted by Gasteiger charge is 2.25. The van der Waals surface area contributed by atoms with Gasteiger partial charge >= 0.3 is 0 Å². The van der Waals surface area contributed by atoms with E-state index in [9.17, 15) is 9.18 Å². The molecule has 1 atom stereocenters. The largest absolute Gasteiger partial charge is 0.322 e. The standard InChI is InChI=1S/C21H26FN3O/c1-17(21(26)23-20-10-6-5-9-19(20)22)25-15-13-24(14-16-25)12-11-18-7-3-2-4-8-18/h2-10,17H,11-16H2,1H3,(H,23,26)/t17-/m0/s1. The number of anilines is 1. The van der Waals surface area contributed by atoms with E-state index in [-0.39, 0.29) is 17.6 Å². The monoisotopic (exact) mass is 355 g/mol. The third kappa shape index (κ3) is 4.90. The SMILES string of the molecule is C[C@@H](C(=O)Nc1ccccc1F)N1CCN(CCc2ccccc2)CC1. The summed E-state index contributed by atoms with van der Waals surface area (Å²) in [6.07, 6.45) is 1.05. The van der Waals surface area contributed by atoms with Crippen molar-refractivity contribution < 1.29 is 9.18 Å². The van der Waals surface area contributed by atoms with Crippen molar-refractivity contribution in [2.45, 2.75) is 19.4 Å². The summed E-state index contributed by atoms with van der Waals surface area (Å²) in [6.45, 7) is 6.51. The number of benzene rings is 2. The maximum atomic E-state index is 13.7. The lowest BCUT2D eigenvalue weighted by atomic mass is 10.1. The van der Waals surface area contributed by atoms with Gasteiger partial charge in [-0.1, -0.05) is 42.5 Å². The molecule has 1 N–H and O–H groups in total. The number of para-hydroxylation sites is 1. The van der Waals surface area contributed by atoms with E-state index in [1.54, 1.807) is 18.2 Å². The maximum Gasteiger partial charge on any atom is 0.241 e. The van der Waals surface area contributed by atoms with E-state index in [0.717, 1.165) is 39.1 Å². The highest BCUT2D eigenvalue weighted by Crippen LogP contribution is 2.14. The predicted octanol–water partition coefficient (Wildman–Crippen LogP) is 3.01. The van der Waals surface area contributed by atoms with Crippen molar-refractivity contribution in [1.82, 2.24) is 9.80 Å². The molecule has 0 bridgehead atoms. The Morgan fingerprint density at radius 2 is 1.69 bits per heavy atom. The average molecular weight is 355 g/mol. The summed E-state index contributed by atoms with van der Waals surface area (Å²) in [5.41, 5.74) is 1.60. The maximum absolute atomic E-state index is 13.7. The van der Waals surface area contributed by atoms with E-state index < -0.39 is 5.82 Å². The Labute approximate surface area is 154 Å². The number of piperazine rings is 1. The predicted molar refractivity (Wildman–Crippen MR) is 103 cm³/mol. The molecule has 0 aliphatic carbocycles. The number of hydrogen-bond donors (Lipinski definition) is 1. The van der Waals surface area contributed by atoms with Crippen molar-refractivity contribution in [2.75, 3.05) is 38.0 Å². The Morgan fingerprint density at radius 1 is 1.04 bits per heavy atom. The van der Waals surface area contributed by atoms with Gasteiger partial charge in [0.25, 0.3) is 0 Å². The van der Waals surface area contributed by atoms with Gasteiger partial charge in [-0.15, -0.1) is 0 Å². The van der Waals surface area contributed by atoms with Gasteiger partial charge in [0.1, 0.15) is 5.82 Å². The minimum atomic E-state index is -0.404. The summed E-state index contributed by atoms with van der Waals surface area (Å²) in [6, 6.07) is 16.5. The summed E-state index contributed by atoms with van der Waals surface area (Å²) in [4.78, 5) is 17.0. The Bertz CT molecular complexity index is 714. The van der Waals surface area contributed by atoms with Crippen molar-refractivity contribution in [2.24, 2.45) is 0 Å². The topological polar surface area (TPSA) is 35.6 Å². The highest BCUT2D eigenvalue weighted by atomic mass is 19.1. The molecule has 0 unspecified atom stereocenters. The number of amides is 1. The van der Waals surface area contributed by atoms with Crippen molar-refractivity contribution in [1.29, 1.82) is 0 Å². The molecule has 0 aromatic heterocycles. The average Bonchev–Trinajstić information content (AvgIpc) is 2.69. The number of carbonyl (C=O) groups is 1. The van der Waals surface area contributed by atoms with Crippen LogP contribution in [0.15, 0.2) is 54.6 Å². The van der Waals surface area contributed by atoms with Crippen LogP contribution in [0.1, 0.15) is 12.5 Å². The summed E-state index contributed by atoms with van der Waals surface area (Å²) >= 11 is 0. The van der Waals surface area contributed by atoms with E-state index in [1.165, 1.54) is 11.6 Å². The quantitative estimate of drug-likeness (QED) is 0.865. The van der Waals surface area contributed by atoms with Crippen LogP contribution in [0.2, 0.25) is 0 Å². The Morgan fingerprint density at radius 3 is 2.38 bits per heavy atom. The molecule has 0 saturated carbocycles. The number of hydrogen-bond acceptors (Lipinski definition) is 3. The molecule has 26 heavy (non-hydrogen) atoms. The lowest BCUT2D eigenvalue weighted by Gasteiger charge is -2.37. The van der Waals surface area contributed by atoms with Crippen LogP contribution in [0.3, 0.4) is 0 Å². The number of halogens is 1. The van der Waals surface area contributed by atoms with Gasteiger partial charge in [-0.2, -0.15) is 0 Å². The molecule has 1 aliphatic heterocycles. The Kier molecular flexibility index (Phi) is 6.36. The van der Waals surface area contributed by atoms with Crippen molar-refractivity contribution >= 4 is 11.6 Å². The second-order valence-corrected chi connectivity index (χ2v) is 6.76. The molecule has 1 saturated heterocycles. The minimum absolute atomic E-state index is 0.159. The number of rotatable bonds is 6. The van der Waals surface area contributed by atoms with Crippen LogP contribution in [0.4, 0.5) is 10.1 Å². The van der Waals surface area contributed by atoms with Crippen molar-refractivity contribution in [3.63, 3.8) is 0 Å². The first kappa shape index (κ1) is 18.5. The van der Waals surface area contributed by atoms with E-state index in [4.69, 9.17) is 0 Å². The molecule has 1 aliphatic rings. The van der Waals surface area contributed by atoms with Gasteiger partial charge in [-0.05, 0) is 31.0 Å². The zero-order chi connectivity index (χ0) is 18.4. The molecule has 1 fully saturated rings. The molecule has 0 radical (unpaired) electrons. The molecule has 4 nitrogen and oxygen atoms in total. The van der Waals surface area contributed by atoms with E-state index in [1.807, 2.05) is 13.0 Å². The molecule has 2 aromatic rings. The summed E-state index contributed by atoms with van der Waals surface area (Å²) in [7, 11) is 0. The fourth-order valence-electron chi connectivity index (χ4n) is 3.27. The van der Waals surface area contributed by atoms with Gasteiger partial charge in [0.05, 0.1) is 11.7 Å². The van der Waals surface area contributed by atoms with E-state index >= 15 is 0 Å². The van der Waals surface area contributed by atoms with Crippen LogP contribution >= 0.6 is 0 Å². The second-order valence-electron chi connectivity index (χ2n) is 6.76. The molecular formula is C21H26FN3O. The van der Waals surface area contributed by atoms with Gasteiger partial charge in [0.2, 0.25) is 5.91 Å². The minimum Gasteiger partial charge on any atom is -0.322 e. The molecule has 138 valence electrons. The first-order chi connectivity index (χ1) is 12.6. The highest BCUT2D eigenvalue weighted by molar-refractivity contribution is 5.94. The first-order valence-electron chi connectivity index (χ1n) is 9.19. The van der Waals surface area contributed by atoms with Crippen LogP contribution < -0.4 is 5.32 Å². The summed E-state index contributed by atoms with van der Waals surface area (Å²) in [5.74, 6) is -0.563. The number of nitrogens with one attached hydrogen (secondary N) is 1. The molecule has 2 aromatic carbocycles. The van der Waals surface area contributed by atoms with Crippen LogP contribution in [0, 0.1) is 5.82 Å². The molecular weight excluding hydrogens is 329 g/mol. The third-order valence-electron chi connectivity index (χ3n) is 5.03. The molecule has 1 amide bonds. The normalized spacial score (nSPS) is 17.0. The fraction of sp³-hybridized carbons (Fsp3) is 0.381. The van der Waals surface area contributed by atoms with Gasteiger partial charge in [-0.3, -0.25) is 9.69 Å². The fourth-order valence-corrected chi connectivity index (χ4v) is 3.27. The lowest BCUT2D eigenvalue weighted by molar-refractivity contribution is -0.121. The first-order valence-corrected chi connectivity index (χ1v) is 9.19. The second kappa shape index (κ2) is 8.92. The van der Waals surface area contributed by atoms with Crippen LogP contribution in [0.5, 0.6) is 0 Å². The van der Waals surface area contributed by atoms with Crippen molar-refractivity contribution in [3.05, 3.63) is 66.0 Å². The smallest absolute Gasteiger partial charge is 0.241 e. The van der Waals surface area contributed by atoms with Crippen LogP contribution in [-0.4, -0.2) is 54.5 Å². The summed E-state index contributed by atoms with van der Waals surface area (Å²) in [5, 5.41) is 2.70. The molecule has 3 rings (SSSR count). The Balaban J connectivity index is 1.45. The van der Waals surface area contributed by atoms with Gasteiger partial charge < -0.3 is 10.2 Å². The Hall–Kier alpha value is -2.24. The van der Waals surface area contributed by atoms with Gasteiger partial charge in [-0.25, -0.2) is 4.39 Å². The van der Waals surface area contributed by atoms with Gasteiger partial charge in [0, 0.05) is 32.7 Å². The van der Waals surface area contributed by atoms with Gasteiger partial charge in [0.15, 0.2) is 0 Å². The third-order valence-corrected chi connectivity index (χ3v) is 5.03. The lowest BCUT2D eigenvalue weighted by Crippen LogP contribution is -2.53. The van der Waals surface area contributed by atoms with Crippen molar-refractivity contribution in [3.8, 4) is 0 Å². The van der Waals surface area contributed by atoms with Crippen LogP contribution in [-0.2, 0) is 11.2 Å². The number of nitrogens with zero attached hydrogens (tertiary/aromatic N) is 2. The van der Waals surface area contributed by atoms with E-state index in [2.05, 4.69) is 39.4 Å². The molecule has 5 heteroatoms. The molecule has 0 spiro atoms. The number of carbonyl (C=O) groups excluding carboxylic acids is 1. The zero-order valence-corrected chi connectivity index (χ0v) is 15.2.